The number of hydrogen-bond donors (Lipinski definition) is 1. The van der Waals surface area contributed by atoms with Gasteiger partial charge in [-0.3, -0.25) is 4.79 Å². The molecule has 7 heteroatoms. The largest absolute Gasteiger partial charge is 0.489 e. The normalized spacial score (nSPS) is 20.2. The second-order valence-corrected chi connectivity index (χ2v) is 7.72. The van der Waals surface area contributed by atoms with E-state index in [1.807, 2.05) is 44.2 Å². The van der Waals surface area contributed by atoms with Gasteiger partial charge in [-0.05, 0) is 38.0 Å². The van der Waals surface area contributed by atoms with Gasteiger partial charge >= 0.3 is 0 Å². The molecule has 2 heterocycles. The Morgan fingerprint density at radius 3 is 2.66 bits per heavy atom. The van der Waals surface area contributed by atoms with E-state index in [2.05, 4.69) is 20.3 Å². The van der Waals surface area contributed by atoms with Gasteiger partial charge in [0.05, 0.1) is 29.4 Å². The number of anilines is 1. The zero-order chi connectivity index (χ0) is 20.4. The Kier molecular flexibility index (Phi) is 5.20. The summed E-state index contributed by atoms with van der Waals surface area (Å²) in [5.74, 6) is 1.53. The third kappa shape index (κ3) is 4.07. The van der Waals surface area contributed by atoms with Crippen LogP contribution < -0.4 is 10.1 Å². The van der Waals surface area contributed by atoms with E-state index in [4.69, 9.17) is 16.3 Å². The summed E-state index contributed by atoms with van der Waals surface area (Å²) in [7, 11) is 0. The number of carbonyl (C=O) groups excluding carboxylic acids is 1. The molecule has 148 valence electrons. The average Bonchev–Trinajstić information content (AvgIpc) is 3.46. The van der Waals surface area contributed by atoms with Crippen molar-refractivity contribution in [3.05, 3.63) is 77.0 Å². The Morgan fingerprint density at radius 1 is 1.17 bits per heavy atom. The van der Waals surface area contributed by atoms with Crippen molar-refractivity contribution in [2.45, 2.75) is 25.7 Å². The molecule has 0 aliphatic heterocycles. The molecule has 1 N–H and O–H groups in total. The van der Waals surface area contributed by atoms with E-state index >= 15 is 0 Å². The summed E-state index contributed by atoms with van der Waals surface area (Å²) in [4.78, 5) is 25.6. The van der Waals surface area contributed by atoms with Crippen molar-refractivity contribution >= 4 is 23.3 Å². The minimum absolute atomic E-state index is 0.0795. The van der Waals surface area contributed by atoms with Crippen LogP contribution in [0.4, 0.5) is 5.82 Å². The van der Waals surface area contributed by atoms with Crippen LogP contribution in [0.2, 0.25) is 5.02 Å². The van der Waals surface area contributed by atoms with Gasteiger partial charge < -0.3 is 10.1 Å². The number of aryl methyl sites for hydroxylation is 2. The molecule has 2 aromatic heterocycles. The van der Waals surface area contributed by atoms with Gasteiger partial charge in [0, 0.05) is 11.6 Å². The Labute approximate surface area is 174 Å². The zero-order valence-corrected chi connectivity index (χ0v) is 17.0. The van der Waals surface area contributed by atoms with Crippen molar-refractivity contribution in [1.82, 2.24) is 15.0 Å². The summed E-state index contributed by atoms with van der Waals surface area (Å²) in [6.07, 6.45) is 3.89. The van der Waals surface area contributed by atoms with Gasteiger partial charge in [-0.2, -0.15) is 0 Å². The number of pyridine rings is 1. The second-order valence-electron chi connectivity index (χ2n) is 7.29. The fraction of sp³-hybridized carbons (Fsp3) is 0.273. The van der Waals surface area contributed by atoms with Crippen LogP contribution in [0.15, 0.2) is 54.9 Å². The lowest BCUT2D eigenvalue weighted by Crippen LogP contribution is -2.27. The molecule has 6 nitrogen and oxygen atoms in total. The molecule has 1 aliphatic carbocycles. The van der Waals surface area contributed by atoms with Gasteiger partial charge in [-0.1, -0.05) is 41.9 Å². The van der Waals surface area contributed by atoms with Gasteiger partial charge in [0.25, 0.3) is 0 Å². The number of rotatable bonds is 6. The van der Waals surface area contributed by atoms with Crippen molar-refractivity contribution < 1.29 is 9.53 Å². The standard InChI is InChI=1S/C22H21ClN4O2/c1-14-19(12-24-15(2)26-14)29-13-22(16-6-4-3-5-7-16)10-18(22)21(28)27-20-9-8-17(23)11-25-20/h3-9,11-12,18H,10,13H2,1-2H3,(H,25,27,28)/t18-,22+/m0/s1. The monoisotopic (exact) mass is 408 g/mol. The highest BCUT2D eigenvalue weighted by Crippen LogP contribution is 2.55. The van der Waals surface area contributed by atoms with E-state index in [0.717, 1.165) is 11.3 Å². The van der Waals surface area contributed by atoms with Gasteiger partial charge in [0.1, 0.15) is 11.6 Å². The summed E-state index contributed by atoms with van der Waals surface area (Å²) in [5.41, 5.74) is 1.47. The van der Waals surface area contributed by atoms with E-state index in [9.17, 15) is 4.79 Å². The molecule has 0 bridgehead atoms. The van der Waals surface area contributed by atoms with Crippen LogP contribution in [0, 0.1) is 19.8 Å². The van der Waals surface area contributed by atoms with Crippen LogP contribution in [0.25, 0.3) is 0 Å². The number of ether oxygens (including phenoxy) is 1. The van der Waals surface area contributed by atoms with E-state index in [0.29, 0.717) is 35.4 Å². The molecule has 1 aromatic carbocycles. The summed E-state index contributed by atoms with van der Waals surface area (Å²) < 4.78 is 6.08. The third-order valence-electron chi connectivity index (χ3n) is 5.26. The predicted octanol–water partition coefficient (Wildman–Crippen LogP) is 4.12. The lowest BCUT2D eigenvalue weighted by atomic mass is 9.93. The minimum atomic E-state index is -0.394. The summed E-state index contributed by atoms with van der Waals surface area (Å²) >= 11 is 5.87. The average molecular weight is 409 g/mol. The van der Waals surface area contributed by atoms with Crippen LogP contribution in [0.1, 0.15) is 23.5 Å². The Hall–Kier alpha value is -2.99. The number of benzene rings is 1. The fourth-order valence-electron chi connectivity index (χ4n) is 3.56. The van der Waals surface area contributed by atoms with E-state index in [-0.39, 0.29) is 11.8 Å². The first-order valence-corrected chi connectivity index (χ1v) is 9.77. The van der Waals surface area contributed by atoms with E-state index in [1.54, 1.807) is 18.3 Å². The SMILES string of the molecule is Cc1ncc(OC[C@@]2(c3ccccc3)C[C@H]2C(=O)Nc2ccc(Cl)cn2)c(C)n1. The maximum Gasteiger partial charge on any atom is 0.229 e. The number of nitrogens with zero attached hydrogens (tertiary/aromatic N) is 3. The molecule has 1 saturated carbocycles. The summed E-state index contributed by atoms with van der Waals surface area (Å²) in [6.45, 7) is 4.10. The first-order valence-electron chi connectivity index (χ1n) is 9.39. The van der Waals surface area contributed by atoms with Crippen molar-refractivity contribution in [2.75, 3.05) is 11.9 Å². The van der Waals surface area contributed by atoms with Gasteiger partial charge in [0.15, 0.2) is 5.75 Å². The molecule has 3 aromatic rings. The molecule has 4 rings (SSSR count). The quantitative estimate of drug-likeness (QED) is 0.664. The predicted molar refractivity (Wildman–Crippen MR) is 111 cm³/mol. The number of hydrogen-bond acceptors (Lipinski definition) is 5. The lowest BCUT2D eigenvalue weighted by molar-refractivity contribution is -0.117. The number of nitrogens with one attached hydrogen (secondary N) is 1. The summed E-state index contributed by atoms with van der Waals surface area (Å²) in [6, 6.07) is 13.4. The van der Waals surface area contributed by atoms with Crippen molar-refractivity contribution in [2.24, 2.45) is 5.92 Å². The second kappa shape index (κ2) is 7.79. The third-order valence-corrected chi connectivity index (χ3v) is 5.48. The Bertz CT molecular complexity index is 1030. The van der Waals surface area contributed by atoms with Crippen LogP contribution >= 0.6 is 11.6 Å². The smallest absolute Gasteiger partial charge is 0.229 e. The number of halogens is 1. The topological polar surface area (TPSA) is 77.0 Å². The molecule has 1 aliphatic rings. The molecule has 1 amide bonds. The molecular formula is C22H21ClN4O2. The van der Waals surface area contributed by atoms with Crippen LogP contribution in [-0.2, 0) is 10.2 Å². The summed E-state index contributed by atoms with van der Waals surface area (Å²) in [5, 5.41) is 3.41. The molecule has 1 fully saturated rings. The highest BCUT2D eigenvalue weighted by atomic mass is 35.5. The lowest BCUT2D eigenvalue weighted by Gasteiger charge is -2.19. The molecular weight excluding hydrogens is 388 g/mol. The number of amides is 1. The number of carbonyl (C=O) groups is 1. The van der Waals surface area contributed by atoms with E-state index in [1.165, 1.54) is 6.20 Å². The number of aromatic nitrogens is 3. The molecule has 0 spiro atoms. The molecule has 0 radical (unpaired) electrons. The van der Waals surface area contributed by atoms with Crippen LogP contribution in [-0.4, -0.2) is 27.5 Å². The first kappa shape index (κ1) is 19.3. The minimum Gasteiger partial charge on any atom is -0.489 e. The Morgan fingerprint density at radius 2 is 1.97 bits per heavy atom. The van der Waals surface area contributed by atoms with Gasteiger partial charge in [-0.15, -0.1) is 0 Å². The van der Waals surface area contributed by atoms with Crippen molar-refractivity contribution in [3.63, 3.8) is 0 Å². The van der Waals surface area contributed by atoms with Gasteiger partial charge in [-0.25, -0.2) is 15.0 Å². The first-order chi connectivity index (χ1) is 14.0. The molecule has 29 heavy (non-hydrogen) atoms. The maximum absolute atomic E-state index is 12.9. The highest BCUT2D eigenvalue weighted by Gasteiger charge is 2.60. The van der Waals surface area contributed by atoms with Crippen molar-refractivity contribution in [3.8, 4) is 5.75 Å². The highest BCUT2D eigenvalue weighted by molar-refractivity contribution is 6.30. The maximum atomic E-state index is 12.9. The van der Waals surface area contributed by atoms with Crippen LogP contribution in [0.5, 0.6) is 5.75 Å². The zero-order valence-electron chi connectivity index (χ0n) is 16.2. The Balaban J connectivity index is 1.53. The van der Waals surface area contributed by atoms with Gasteiger partial charge in [0.2, 0.25) is 5.91 Å². The van der Waals surface area contributed by atoms with Crippen LogP contribution in [0.3, 0.4) is 0 Å². The van der Waals surface area contributed by atoms with E-state index < -0.39 is 5.41 Å². The fourth-order valence-corrected chi connectivity index (χ4v) is 3.68. The molecule has 0 saturated heterocycles. The molecule has 2 atom stereocenters. The molecule has 0 unspecified atom stereocenters. The van der Waals surface area contributed by atoms with Crippen molar-refractivity contribution in [1.29, 1.82) is 0 Å².